The highest BCUT2D eigenvalue weighted by atomic mass is 16.6. The molecule has 0 saturated heterocycles. The van der Waals surface area contributed by atoms with Gasteiger partial charge in [-0.1, -0.05) is 6.08 Å². The first-order chi connectivity index (χ1) is 6.24. The van der Waals surface area contributed by atoms with Gasteiger partial charge in [0, 0.05) is 6.07 Å². The van der Waals surface area contributed by atoms with Gasteiger partial charge in [0.1, 0.15) is 6.20 Å². The lowest BCUT2D eigenvalue weighted by atomic mass is 10.3. The van der Waals surface area contributed by atoms with Crippen LogP contribution in [0.3, 0.4) is 0 Å². The number of nitrogens with zero attached hydrogens (tertiary/aromatic N) is 2. The highest BCUT2D eigenvalue weighted by Gasteiger charge is 2.02. The fourth-order valence-corrected chi connectivity index (χ4v) is 0.778. The SMILES string of the molecule is O=[N+]([O-])c1ccc(C=CCO)nc1. The Morgan fingerprint density at radius 1 is 1.62 bits per heavy atom. The van der Waals surface area contributed by atoms with E-state index >= 15 is 0 Å². The number of aromatic nitrogens is 1. The van der Waals surface area contributed by atoms with Gasteiger partial charge in [-0.15, -0.1) is 0 Å². The molecule has 0 aliphatic heterocycles. The predicted octanol–water partition coefficient (Wildman–Crippen LogP) is 0.995. The van der Waals surface area contributed by atoms with Gasteiger partial charge < -0.3 is 5.11 Å². The number of rotatable bonds is 3. The second-order valence-electron chi connectivity index (χ2n) is 2.28. The summed E-state index contributed by atoms with van der Waals surface area (Å²) in [6.45, 7) is -0.0708. The van der Waals surface area contributed by atoms with E-state index in [0.29, 0.717) is 5.69 Å². The number of pyridine rings is 1. The molecule has 0 radical (unpaired) electrons. The van der Waals surface area contributed by atoms with Crippen LogP contribution in [0.15, 0.2) is 24.4 Å². The van der Waals surface area contributed by atoms with Crippen molar-refractivity contribution in [3.05, 3.63) is 40.2 Å². The lowest BCUT2D eigenvalue weighted by Crippen LogP contribution is -1.89. The highest BCUT2D eigenvalue weighted by Crippen LogP contribution is 2.09. The van der Waals surface area contributed by atoms with Crippen molar-refractivity contribution in [2.24, 2.45) is 0 Å². The number of aliphatic hydroxyl groups is 1. The van der Waals surface area contributed by atoms with Crippen LogP contribution in [-0.4, -0.2) is 21.6 Å². The van der Waals surface area contributed by atoms with E-state index in [-0.39, 0.29) is 12.3 Å². The van der Waals surface area contributed by atoms with Crippen molar-refractivity contribution in [1.82, 2.24) is 4.98 Å². The second kappa shape index (κ2) is 4.32. The molecule has 0 fully saturated rings. The molecule has 0 aliphatic rings. The third-order valence-corrected chi connectivity index (χ3v) is 1.38. The molecule has 1 aromatic heterocycles. The van der Waals surface area contributed by atoms with Gasteiger partial charge in [0.15, 0.2) is 0 Å². The van der Waals surface area contributed by atoms with E-state index in [1.807, 2.05) is 0 Å². The molecule has 0 amide bonds. The van der Waals surface area contributed by atoms with E-state index in [1.165, 1.54) is 24.4 Å². The van der Waals surface area contributed by atoms with Gasteiger partial charge in [-0.25, -0.2) is 4.98 Å². The van der Waals surface area contributed by atoms with E-state index in [9.17, 15) is 10.1 Å². The van der Waals surface area contributed by atoms with Gasteiger partial charge in [0.25, 0.3) is 5.69 Å². The third kappa shape index (κ3) is 2.64. The second-order valence-corrected chi connectivity index (χ2v) is 2.28. The van der Waals surface area contributed by atoms with Crippen LogP contribution >= 0.6 is 0 Å². The molecule has 1 aromatic rings. The minimum absolute atomic E-state index is 0.0406. The van der Waals surface area contributed by atoms with Crippen LogP contribution in [-0.2, 0) is 0 Å². The molecule has 0 spiro atoms. The molecule has 5 nitrogen and oxygen atoms in total. The number of hydrogen-bond acceptors (Lipinski definition) is 4. The van der Waals surface area contributed by atoms with E-state index in [4.69, 9.17) is 5.11 Å². The topological polar surface area (TPSA) is 76.3 Å². The fraction of sp³-hybridized carbons (Fsp3) is 0.125. The van der Waals surface area contributed by atoms with Crippen LogP contribution in [0.5, 0.6) is 0 Å². The average Bonchev–Trinajstić information content (AvgIpc) is 2.15. The smallest absolute Gasteiger partial charge is 0.287 e. The standard InChI is InChI=1S/C8H8N2O3/c11-5-1-2-7-3-4-8(6-9-7)10(12)13/h1-4,6,11H,5H2. The molecule has 0 saturated carbocycles. The maximum atomic E-state index is 10.2. The predicted molar refractivity (Wildman–Crippen MR) is 47.0 cm³/mol. The van der Waals surface area contributed by atoms with Gasteiger partial charge in [-0.3, -0.25) is 10.1 Å². The number of nitro groups is 1. The average molecular weight is 180 g/mol. The summed E-state index contributed by atoms with van der Waals surface area (Å²) in [7, 11) is 0. The molecule has 13 heavy (non-hydrogen) atoms. The Morgan fingerprint density at radius 2 is 2.38 bits per heavy atom. The van der Waals surface area contributed by atoms with Gasteiger partial charge >= 0.3 is 0 Å². The zero-order valence-corrected chi connectivity index (χ0v) is 6.75. The Hall–Kier alpha value is -1.75. The lowest BCUT2D eigenvalue weighted by molar-refractivity contribution is -0.385. The highest BCUT2D eigenvalue weighted by molar-refractivity contribution is 5.46. The largest absolute Gasteiger partial charge is 0.392 e. The Morgan fingerprint density at radius 3 is 2.85 bits per heavy atom. The zero-order valence-electron chi connectivity index (χ0n) is 6.75. The molecule has 0 aromatic carbocycles. The van der Waals surface area contributed by atoms with Crippen LogP contribution < -0.4 is 0 Å². The first kappa shape index (κ1) is 9.34. The van der Waals surface area contributed by atoms with Crippen molar-refractivity contribution < 1.29 is 10.0 Å². The maximum Gasteiger partial charge on any atom is 0.287 e. The van der Waals surface area contributed by atoms with Gasteiger partial charge in [-0.05, 0) is 12.1 Å². The van der Waals surface area contributed by atoms with Crippen molar-refractivity contribution in [2.75, 3.05) is 6.61 Å². The Labute approximate surface area is 74.5 Å². The summed E-state index contributed by atoms with van der Waals surface area (Å²) < 4.78 is 0. The fourth-order valence-electron chi connectivity index (χ4n) is 0.778. The van der Waals surface area contributed by atoms with E-state index in [2.05, 4.69) is 4.98 Å². The van der Waals surface area contributed by atoms with Crippen LogP contribution in [0, 0.1) is 10.1 Å². The summed E-state index contributed by atoms with van der Waals surface area (Å²) in [5.41, 5.74) is 0.542. The van der Waals surface area contributed by atoms with Crippen molar-refractivity contribution in [2.45, 2.75) is 0 Å². The Bertz CT molecular complexity index is 319. The molecule has 5 heteroatoms. The quantitative estimate of drug-likeness (QED) is 0.556. The molecule has 1 N–H and O–H groups in total. The van der Waals surface area contributed by atoms with E-state index in [1.54, 1.807) is 6.08 Å². The van der Waals surface area contributed by atoms with E-state index in [0.717, 1.165) is 0 Å². The summed E-state index contributed by atoms with van der Waals surface area (Å²) in [5.74, 6) is 0. The number of aliphatic hydroxyl groups excluding tert-OH is 1. The molecule has 0 bridgehead atoms. The first-order valence-corrected chi connectivity index (χ1v) is 3.62. The Kier molecular flexibility index (Phi) is 3.10. The van der Waals surface area contributed by atoms with Crippen LogP contribution in [0.1, 0.15) is 5.69 Å². The van der Waals surface area contributed by atoms with Crippen molar-refractivity contribution in [1.29, 1.82) is 0 Å². The molecular formula is C8H8N2O3. The summed E-state index contributed by atoms with van der Waals surface area (Å²) in [5, 5.41) is 18.7. The van der Waals surface area contributed by atoms with E-state index < -0.39 is 4.92 Å². The summed E-state index contributed by atoms with van der Waals surface area (Å²) in [6.07, 6.45) is 4.27. The first-order valence-electron chi connectivity index (χ1n) is 3.62. The van der Waals surface area contributed by atoms with Crippen molar-refractivity contribution in [3.8, 4) is 0 Å². The van der Waals surface area contributed by atoms with Gasteiger partial charge in [-0.2, -0.15) is 0 Å². The molecule has 0 atom stereocenters. The van der Waals surface area contributed by atoms with Gasteiger partial charge in [0.2, 0.25) is 0 Å². The normalized spacial score (nSPS) is 10.5. The minimum Gasteiger partial charge on any atom is -0.392 e. The molecule has 68 valence electrons. The summed E-state index contributed by atoms with van der Waals surface area (Å²) >= 11 is 0. The third-order valence-electron chi connectivity index (χ3n) is 1.38. The molecule has 0 unspecified atom stereocenters. The minimum atomic E-state index is -0.507. The molecule has 0 aliphatic carbocycles. The summed E-state index contributed by atoms with van der Waals surface area (Å²) in [4.78, 5) is 13.5. The molecular weight excluding hydrogens is 172 g/mol. The van der Waals surface area contributed by atoms with Crippen molar-refractivity contribution >= 4 is 11.8 Å². The molecule has 1 heterocycles. The monoisotopic (exact) mass is 180 g/mol. The van der Waals surface area contributed by atoms with Crippen LogP contribution in [0.25, 0.3) is 6.08 Å². The Balaban J connectivity index is 2.81. The zero-order chi connectivity index (χ0) is 9.68. The lowest BCUT2D eigenvalue weighted by Gasteiger charge is -1.91. The number of hydrogen-bond donors (Lipinski definition) is 1. The summed E-state index contributed by atoms with van der Waals surface area (Å²) in [6, 6.07) is 2.88. The van der Waals surface area contributed by atoms with Gasteiger partial charge in [0.05, 0.1) is 17.2 Å². The van der Waals surface area contributed by atoms with Crippen molar-refractivity contribution in [3.63, 3.8) is 0 Å². The van der Waals surface area contributed by atoms with Crippen LogP contribution in [0.2, 0.25) is 0 Å². The molecule has 1 rings (SSSR count). The maximum absolute atomic E-state index is 10.2. The van der Waals surface area contributed by atoms with Crippen LogP contribution in [0.4, 0.5) is 5.69 Å².